The normalized spacial score (nSPS) is 16.1. The molecular weight excluding hydrogens is 377 g/mol. The fourth-order valence-electron chi connectivity index (χ4n) is 3.08. The number of ether oxygens (including phenoxy) is 1. The van der Waals surface area contributed by atoms with E-state index in [0.29, 0.717) is 30.7 Å². The molecule has 0 saturated heterocycles. The van der Waals surface area contributed by atoms with E-state index >= 15 is 0 Å². The van der Waals surface area contributed by atoms with Crippen molar-refractivity contribution < 1.29 is 22.7 Å². The van der Waals surface area contributed by atoms with E-state index in [0.717, 1.165) is 17.5 Å². The number of methoxy groups -OCH3 is 1. The zero-order chi connectivity index (χ0) is 19.9. The average molecular weight is 392 g/mol. The molecule has 0 unspecified atom stereocenters. The molecule has 11 heteroatoms. The van der Waals surface area contributed by atoms with Crippen molar-refractivity contribution in [3.63, 3.8) is 0 Å². The molecule has 0 fully saturated rings. The third kappa shape index (κ3) is 3.30. The van der Waals surface area contributed by atoms with Gasteiger partial charge in [-0.05, 0) is 18.6 Å². The van der Waals surface area contributed by atoms with Crippen LogP contribution in [0.1, 0.15) is 28.5 Å². The van der Waals surface area contributed by atoms with Gasteiger partial charge in [-0.1, -0.05) is 0 Å². The molecule has 4 heterocycles. The number of aromatic nitrogens is 5. The van der Waals surface area contributed by atoms with Gasteiger partial charge in [0.25, 0.3) is 5.91 Å². The lowest BCUT2D eigenvalue weighted by molar-refractivity contribution is -0.212. The summed E-state index contributed by atoms with van der Waals surface area (Å²) in [7, 11) is 1.52. The van der Waals surface area contributed by atoms with Crippen LogP contribution in [0.2, 0.25) is 0 Å². The minimum atomic E-state index is -4.66. The van der Waals surface area contributed by atoms with E-state index in [2.05, 4.69) is 20.5 Å². The van der Waals surface area contributed by atoms with Crippen molar-refractivity contribution in [2.24, 2.45) is 0 Å². The van der Waals surface area contributed by atoms with E-state index in [1.807, 2.05) is 6.07 Å². The van der Waals surface area contributed by atoms with E-state index in [1.165, 1.54) is 7.11 Å². The van der Waals surface area contributed by atoms with Crippen LogP contribution in [-0.2, 0) is 12.8 Å². The Kier molecular flexibility index (Phi) is 4.28. The number of carbonyl (C=O) groups excluding carboxylic acids is 1. The fraction of sp³-hybridized carbons (Fsp3) is 0.294. The van der Waals surface area contributed by atoms with Crippen LogP contribution in [0.15, 0.2) is 36.8 Å². The quantitative estimate of drug-likeness (QED) is 0.737. The van der Waals surface area contributed by atoms with E-state index in [1.54, 1.807) is 23.0 Å². The number of rotatable bonds is 4. The Morgan fingerprint density at radius 3 is 2.89 bits per heavy atom. The lowest BCUT2D eigenvalue weighted by Crippen LogP contribution is -2.27. The number of aryl methyl sites for hydroxylation is 1. The fourth-order valence-corrected chi connectivity index (χ4v) is 3.08. The minimum absolute atomic E-state index is 0.158. The molecule has 3 aromatic heterocycles. The third-order valence-corrected chi connectivity index (χ3v) is 4.45. The van der Waals surface area contributed by atoms with E-state index < -0.39 is 12.2 Å². The molecule has 1 atom stereocenters. The molecule has 1 amide bonds. The van der Waals surface area contributed by atoms with Crippen molar-refractivity contribution in [3.8, 4) is 17.1 Å². The van der Waals surface area contributed by atoms with Crippen molar-refractivity contribution in [2.45, 2.75) is 25.3 Å². The second kappa shape index (κ2) is 6.66. The molecule has 3 aromatic rings. The number of halogens is 3. The molecule has 0 bridgehead atoms. The standard InChI is InChI=1S/C17H15F3N6O2/c1-28-15-6-10(2-4-21-15)13-7-14-12(3-5-25(14)24-13)23-16(27)11-8-22-26(9-11)17(18,19)20/h2,4,6-9,12H,3,5H2,1H3,(H,23,27)/t12-/m1/s1. The van der Waals surface area contributed by atoms with Crippen LogP contribution < -0.4 is 10.1 Å². The molecule has 8 nitrogen and oxygen atoms in total. The number of fused-ring (bicyclic) bond motifs is 1. The third-order valence-electron chi connectivity index (χ3n) is 4.45. The molecular formula is C17H15F3N6O2. The van der Waals surface area contributed by atoms with Gasteiger partial charge in [0.15, 0.2) is 0 Å². The van der Waals surface area contributed by atoms with Gasteiger partial charge in [0, 0.05) is 30.6 Å². The van der Waals surface area contributed by atoms with Gasteiger partial charge in [0.2, 0.25) is 5.88 Å². The van der Waals surface area contributed by atoms with Crippen molar-refractivity contribution >= 4 is 5.91 Å². The van der Waals surface area contributed by atoms with Gasteiger partial charge in [-0.2, -0.15) is 14.9 Å². The molecule has 0 radical (unpaired) electrons. The Bertz CT molecular complexity index is 1030. The van der Waals surface area contributed by atoms with Gasteiger partial charge >= 0.3 is 6.30 Å². The second-order valence-corrected chi connectivity index (χ2v) is 6.22. The first-order valence-electron chi connectivity index (χ1n) is 8.36. The molecule has 28 heavy (non-hydrogen) atoms. The molecule has 0 spiro atoms. The number of nitrogens with zero attached hydrogens (tertiary/aromatic N) is 5. The first-order chi connectivity index (χ1) is 13.3. The summed E-state index contributed by atoms with van der Waals surface area (Å²) in [6, 6.07) is 5.02. The van der Waals surface area contributed by atoms with E-state index in [-0.39, 0.29) is 16.3 Å². The number of hydrogen-bond acceptors (Lipinski definition) is 5. The van der Waals surface area contributed by atoms with E-state index in [4.69, 9.17) is 4.74 Å². The largest absolute Gasteiger partial charge is 0.504 e. The molecule has 1 N–H and O–H groups in total. The van der Waals surface area contributed by atoms with Crippen molar-refractivity contribution in [2.75, 3.05) is 7.11 Å². The van der Waals surface area contributed by atoms with Gasteiger partial charge < -0.3 is 10.1 Å². The van der Waals surface area contributed by atoms with Crippen LogP contribution in [0.25, 0.3) is 11.3 Å². The Morgan fingerprint density at radius 1 is 1.36 bits per heavy atom. The zero-order valence-corrected chi connectivity index (χ0v) is 14.6. The first-order valence-corrected chi connectivity index (χ1v) is 8.36. The highest BCUT2D eigenvalue weighted by Gasteiger charge is 2.33. The predicted molar refractivity (Wildman–Crippen MR) is 90.4 cm³/mol. The summed E-state index contributed by atoms with van der Waals surface area (Å²) in [5.41, 5.74) is 2.13. The summed E-state index contributed by atoms with van der Waals surface area (Å²) in [5.74, 6) is -0.167. The van der Waals surface area contributed by atoms with Crippen LogP contribution in [0.5, 0.6) is 5.88 Å². The van der Waals surface area contributed by atoms with Crippen LogP contribution in [-0.4, -0.2) is 37.6 Å². The lowest BCUT2D eigenvalue weighted by atomic mass is 10.1. The van der Waals surface area contributed by atoms with Crippen LogP contribution >= 0.6 is 0 Å². The monoisotopic (exact) mass is 392 g/mol. The summed E-state index contributed by atoms with van der Waals surface area (Å²) >= 11 is 0. The zero-order valence-electron chi connectivity index (χ0n) is 14.6. The van der Waals surface area contributed by atoms with Crippen molar-refractivity contribution in [3.05, 3.63) is 48.0 Å². The number of hydrogen-bond donors (Lipinski definition) is 1. The summed E-state index contributed by atoms with van der Waals surface area (Å²) in [4.78, 5) is 16.4. The van der Waals surface area contributed by atoms with Crippen molar-refractivity contribution in [1.82, 2.24) is 29.9 Å². The summed E-state index contributed by atoms with van der Waals surface area (Å²) < 4.78 is 44.6. The van der Waals surface area contributed by atoms with Crippen LogP contribution in [0.3, 0.4) is 0 Å². The Labute approximate surface area is 156 Å². The maximum Gasteiger partial charge on any atom is 0.504 e. The van der Waals surface area contributed by atoms with Crippen LogP contribution in [0.4, 0.5) is 13.2 Å². The highest BCUT2D eigenvalue weighted by atomic mass is 19.4. The number of nitrogens with one attached hydrogen (secondary N) is 1. The van der Waals surface area contributed by atoms with Crippen molar-refractivity contribution in [1.29, 1.82) is 0 Å². The number of alkyl halides is 3. The lowest BCUT2D eigenvalue weighted by Gasteiger charge is -2.11. The molecule has 146 valence electrons. The number of amides is 1. The molecule has 1 aliphatic heterocycles. The van der Waals surface area contributed by atoms with Gasteiger partial charge in [0.1, 0.15) is 0 Å². The number of carbonyl (C=O) groups is 1. The molecule has 1 aliphatic rings. The van der Waals surface area contributed by atoms with Gasteiger partial charge in [-0.3, -0.25) is 9.48 Å². The molecule has 4 rings (SSSR count). The summed E-state index contributed by atoms with van der Waals surface area (Å²) in [5, 5.41) is 10.4. The van der Waals surface area contributed by atoms with Gasteiger partial charge in [0.05, 0.1) is 36.3 Å². The summed E-state index contributed by atoms with van der Waals surface area (Å²) in [6.07, 6.45) is -0.900. The average Bonchev–Trinajstić information content (AvgIpc) is 3.38. The maximum atomic E-state index is 12.6. The van der Waals surface area contributed by atoms with Gasteiger partial charge in [-0.15, -0.1) is 13.2 Å². The predicted octanol–water partition coefficient (Wildman–Crippen LogP) is 2.50. The topological polar surface area (TPSA) is 86.9 Å². The molecule has 0 aliphatic carbocycles. The first kappa shape index (κ1) is 18.0. The number of pyridine rings is 1. The molecule has 0 aromatic carbocycles. The van der Waals surface area contributed by atoms with Crippen LogP contribution in [0, 0.1) is 0 Å². The SMILES string of the molecule is COc1cc(-c2cc3n(n2)CC[C@H]3NC(=O)c2cnn(C(F)(F)F)c2)ccn1. The van der Waals surface area contributed by atoms with E-state index in [9.17, 15) is 18.0 Å². The maximum absolute atomic E-state index is 12.6. The van der Waals surface area contributed by atoms with Gasteiger partial charge in [-0.25, -0.2) is 4.98 Å². The second-order valence-electron chi connectivity index (χ2n) is 6.22. The molecule has 0 saturated carbocycles. The smallest absolute Gasteiger partial charge is 0.481 e. The highest BCUT2D eigenvalue weighted by Crippen LogP contribution is 2.31. The Balaban J connectivity index is 1.52. The minimum Gasteiger partial charge on any atom is -0.481 e. The Morgan fingerprint density at radius 2 is 2.18 bits per heavy atom. The summed E-state index contributed by atoms with van der Waals surface area (Å²) in [6.45, 7) is 0.588. The Hall–Kier alpha value is -3.37. The highest BCUT2D eigenvalue weighted by molar-refractivity contribution is 5.94.